The molecule has 94 valence electrons. The van der Waals surface area contributed by atoms with Crippen LogP contribution < -0.4 is 20.8 Å². The lowest BCUT2D eigenvalue weighted by atomic mass is 10.1. The molecule has 6 heteroatoms. The Labute approximate surface area is 103 Å². The summed E-state index contributed by atoms with van der Waals surface area (Å²) in [4.78, 5) is 17.9. The van der Waals surface area contributed by atoms with Crippen molar-refractivity contribution in [1.82, 2.24) is 9.97 Å². The average Bonchev–Trinajstić information content (AvgIpc) is 2.36. The van der Waals surface area contributed by atoms with E-state index in [0.29, 0.717) is 22.8 Å². The number of H-pyrrole nitrogens is 1. The molecular formula is C12H13N3O3. The van der Waals surface area contributed by atoms with E-state index in [1.807, 2.05) is 0 Å². The zero-order valence-electron chi connectivity index (χ0n) is 10.1. The number of nitrogens with two attached hydrogens (primary N) is 1. The molecule has 3 N–H and O–H groups in total. The van der Waals surface area contributed by atoms with Crippen LogP contribution >= 0.6 is 0 Å². The second-order valence-corrected chi connectivity index (χ2v) is 3.58. The molecule has 0 aliphatic carbocycles. The molecule has 6 nitrogen and oxygen atoms in total. The number of ether oxygens (including phenoxy) is 2. The second-order valence-electron chi connectivity index (χ2n) is 3.58. The molecular weight excluding hydrogens is 234 g/mol. The minimum absolute atomic E-state index is 0.0578. The summed E-state index contributed by atoms with van der Waals surface area (Å²) in [5.74, 6) is 1.29. The maximum atomic E-state index is 11.4. The molecule has 1 heterocycles. The number of hydrogen-bond donors (Lipinski definition) is 2. The van der Waals surface area contributed by atoms with Crippen LogP contribution in [0.25, 0.3) is 11.3 Å². The van der Waals surface area contributed by atoms with Gasteiger partial charge in [-0.2, -0.15) is 0 Å². The number of aromatic nitrogens is 2. The summed E-state index contributed by atoms with van der Waals surface area (Å²) in [7, 11) is 3.10. The molecule has 0 unspecified atom stereocenters. The highest BCUT2D eigenvalue weighted by Gasteiger charge is 2.10. The van der Waals surface area contributed by atoms with E-state index in [1.54, 1.807) is 32.4 Å². The van der Waals surface area contributed by atoms with Crippen LogP contribution in [0.15, 0.2) is 29.1 Å². The first-order chi connectivity index (χ1) is 8.63. The number of benzene rings is 1. The highest BCUT2D eigenvalue weighted by atomic mass is 16.5. The number of hydrogen-bond acceptors (Lipinski definition) is 5. The Kier molecular flexibility index (Phi) is 3.18. The lowest BCUT2D eigenvalue weighted by molar-refractivity contribution is 0.404. The van der Waals surface area contributed by atoms with E-state index in [2.05, 4.69) is 9.97 Å². The first-order valence-corrected chi connectivity index (χ1v) is 5.23. The van der Waals surface area contributed by atoms with Crippen molar-refractivity contribution in [3.05, 3.63) is 34.6 Å². The van der Waals surface area contributed by atoms with Crippen molar-refractivity contribution in [2.75, 3.05) is 20.0 Å². The lowest BCUT2D eigenvalue weighted by Gasteiger charge is -2.09. The molecule has 0 saturated carbocycles. The summed E-state index contributed by atoms with van der Waals surface area (Å²) in [6.45, 7) is 0. The SMILES string of the molecule is COc1ccc(OC)c(-c2cc(=O)[nH]c(N)n2)c1. The Hall–Kier alpha value is -2.50. The number of nitrogen functional groups attached to an aromatic ring is 1. The number of nitrogens with one attached hydrogen (secondary N) is 1. The van der Waals surface area contributed by atoms with Crippen LogP contribution in [-0.4, -0.2) is 24.2 Å². The Bertz CT molecular complexity index is 622. The predicted octanol–water partition coefficient (Wildman–Crippen LogP) is 1.04. The molecule has 0 aliphatic heterocycles. The van der Waals surface area contributed by atoms with Crippen molar-refractivity contribution >= 4 is 5.95 Å². The largest absolute Gasteiger partial charge is 0.497 e. The first-order valence-electron chi connectivity index (χ1n) is 5.23. The molecule has 18 heavy (non-hydrogen) atoms. The summed E-state index contributed by atoms with van der Waals surface area (Å²) in [5, 5.41) is 0. The smallest absolute Gasteiger partial charge is 0.252 e. The third kappa shape index (κ3) is 2.27. The van der Waals surface area contributed by atoms with Gasteiger partial charge in [-0.1, -0.05) is 0 Å². The summed E-state index contributed by atoms with van der Waals surface area (Å²) >= 11 is 0. The zero-order valence-corrected chi connectivity index (χ0v) is 10.1. The minimum atomic E-state index is -0.317. The van der Waals surface area contributed by atoms with Crippen LogP contribution in [0.2, 0.25) is 0 Å². The molecule has 0 saturated heterocycles. The van der Waals surface area contributed by atoms with Gasteiger partial charge in [0.25, 0.3) is 5.56 Å². The van der Waals surface area contributed by atoms with Crippen LogP contribution in [0, 0.1) is 0 Å². The predicted molar refractivity (Wildman–Crippen MR) is 67.8 cm³/mol. The maximum Gasteiger partial charge on any atom is 0.252 e. The van der Waals surface area contributed by atoms with Gasteiger partial charge in [0.05, 0.1) is 19.9 Å². The Balaban J connectivity index is 2.64. The molecule has 1 aromatic carbocycles. The normalized spacial score (nSPS) is 10.1. The summed E-state index contributed by atoms with van der Waals surface area (Å²) in [5.41, 5.74) is 6.29. The fraction of sp³-hybridized carbons (Fsp3) is 0.167. The van der Waals surface area contributed by atoms with Gasteiger partial charge >= 0.3 is 0 Å². The number of anilines is 1. The summed E-state index contributed by atoms with van der Waals surface area (Å²) in [6, 6.07) is 6.60. The lowest BCUT2D eigenvalue weighted by Crippen LogP contribution is -2.10. The zero-order chi connectivity index (χ0) is 13.1. The average molecular weight is 247 g/mol. The van der Waals surface area contributed by atoms with Crippen molar-refractivity contribution in [1.29, 1.82) is 0 Å². The van der Waals surface area contributed by atoms with Gasteiger partial charge in [0.15, 0.2) is 0 Å². The van der Waals surface area contributed by atoms with E-state index < -0.39 is 0 Å². The Morgan fingerprint density at radius 3 is 2.61 bits per heavy atom. The molecule has 2 rings (SSSR count). The van der Waals surface area contributed by atoms with E-state index in [0.717, 1.165) is 0 Å². The van der Waals surface area contributed by atoms with Gasteiger partial charge in [0.2, 0.25) is 5.95 Å². The van der Waals surface area contributed by atoms with Crippen molar-refractivity contribution < 1.29 is 9.47 Å². The topological polar surface area (TPSA) is 90.2 Å². The van der Waals surface area contributed by atoms with Gasteiger partial charge in [-0.3, -0.25) is 9.78 Å². The third-order valence-electron chi connectivity index (χ3n) is 2.44. The molecule has 0 radical (unpaired) electrons. The maximum absolute atomic E-state index is 11.4. The molecule has 0 bridgehead atoms. The number of aromatic amines is 1. The van der Waals surface area contributed by atoms with Gasteiger partial charge in [0.1, 0.15) is 11.5 Å². The fourth-order valence-electron chi connectivity index (χ4n) is 1.63. The van der Waals surface area contributed by atoms with E-state index in [-0.39, 0.29) is 11.5 Å². The highest BCUT2D eigenvalue weighted by molar-refractivity contribution is 5.69. The third-order valence-corrected chi connectivity index (χ3v) is 2.44. The quantitative estimate of drug-likeness (QED) is 0.845. The van der Waals surface area contributed by atoms with E-state index in [4.69, 9.17) is 15.2 Å². The Morgan fingerprint density at radius 1 is 1.22 bits per heavy atom. The van der Waals surface area contributed by atoms with Gasteiger partial charge in [-0.05, 0) is 18.2 Å². The fourth-order valence-corrected chi connectivity index (χ4v) is 1.63. The van der Waals surface area contributed by atoms with Crippen LogP contribution in [0.5, 0.6) is 11.5 Å². The molecule has 2 aromatic rings. The standard InChI is InChI=1S/C12H13N3O3/c1-17-7-3-4-10(18-2)8(5-7)9-6-11(16)15-12(13)14-9/h3-6H,1-2H3,(H3,13,14,15,16). The van der Waals surface area contributed by atoms with Crippen molar-refractivity contribution in [2.45, 2.75) is 0 Å². The Morgan fingerprint density at radius 2 is 2.00 bits per heavy atom. The van der Waals surface area contributed by atoms with Crippen LogP contribution in [-0.2, 0) is 0 Å². The molecule has 0 aliphatic rings. The highest BCUT2D eigenvalue weighted by Crippen LogP contribution is 2.31. The van der Waals surface area contributed by atoms with E-state index >= 15 is 0 Å². The molecule has 0 atom stereocenters. The minimum Gasteiger partial charge on any atom is -0.497 e. The van der Waals surface area contributed by atoms with Crippen molar-refractivity contribution in [3.63, 3.8) is 0 Å². The van der Waals surface area contributed by atoms with Crippen molar-refractivity contribution in [2.24, 2.45) is 0 Å². The first kappa shape index (κ1) is 12.0. The monoisotopic (exact) mass is 247 g/mol. The molecule has 0 spiro atoms. The van der Waals surface area contributed by atoms with Crippen LogP contribution in [0.1, 0.15) is 0 Å². The van der Waals surface area contributed by atoms with Crippen LogP contribution in [0.3, 0.4) is 0 Å². The van der Waals surface area contributed by atoms with Crippen LogP contribution in [0.4, 0.5) is 5.95 Å². The van der Waals surface area contributed by atoms with E-state index in [9.17, 15) is 4.79 Å². The van der Waals surface area contributed by atoms with Gasteiger partial charge in [-0.25, -0.2) is 4.98 Å². The summed E-state index contributed by atoms with van der Waals surface area (Å²) < 4.78 is 10.4. The van der Waals surface area contributed by atoms with E-state index in [1.165, 1.54) is 6.07 Å². The number of methoxy groups -OCH3 is 2. The van der Waals surface area contributed by atoms with Gasteiger partial charge in [-0.15, -0.1) is 0 Å². The number of nitrogens with zero attached hydrogens (tertiary/aromatic N) is 1. The number of rotatable bonds is 3. The molecule has 0 amide bonds. The molecule has 1 aromatic heterocycles. The van der Waals surface area contributed by atoms with Crippen molar-refractivity contribution in [3.8, 4) is 22.8 Å². The second kappa shape index (κ2) is 4.79. The van der Waals surface area contributed by atoms with Gasteiger partial charge < -0.3 is 15.2 Å². The molecule has 0 fully saturated rings. The summed E-state index contributed by atoms with van der Waals surface area (Å²) in [6.07, 6.45) is 0. The van der Waals surface area contributed by atoms with Gasteiger partial charge in [0, 0.05) is 11.6 Å².